The van der Waals surface area contributed by atoms with E-state index < -0.39 is 230 Å². The minimum Gasteiger partial charge on any atom is -0.478 e. The highest BCUT2D eigenvalue weighted by atomic mass is 16.8. The van der Waals surface area contributed by atoms with Crippen LogP contribution in [0.25, 0.3) is 0 Å². The van der Waals surface area contributed by atoms with Gasteiger partial charge in [0.15, 0.2) is 37.7 Å². The Morgan fingerprint density at radius 2 is 0.467 bits per heavy atom. The molecule has 0 aliphatic carbocycles. The van der Waals surface area contributed by atoms with Crippen LogP contribution in [0.4, 0.5) is 0 Å². The molecule has 0 unspecified atom stereocenters. The third-order valence-corrected chi connectivity index (χ3v) is 13.7. The van der Waals surface area contributed by atoms with Crippen LogP contribution in [0.1, 0.15) is 10.4 Å². The molecule has 75 heavy (non-hydrogen) atoms. The molecule has 0 saturated carbocycles. The van der Waals surface area contributed by atoms with E-state index in [2.05, 4.69) is 0 Å². The van der Waals surface area contributed by atoms with Crippen LogP contribution < -0.4 is 0 Å². The van der Waals surface area contributed by atoms with Gasteiger partial charge in [0.1, 0.15) is 146 Å². The van der Waals surface area contributed by atoms with E-state index in [1.54, 1.807) is 30.3 Å². The van der Waals surface area contributed by atoms with Crippen molar-refractivity contribution in [3.05, 3.63) is 35.9 Å². The molecule has 1 aromatic carbocycles. The molecule has 32 nitrogen and oxygen atoms in total. The highest BCUT2D eigenvalue weighted by Gasteiger charge is 2.58. The smallest absolute Gasteiger partial charge is 0.335 e. The monoisotopic (exact) mass is 1090 g/mol. The van der Waals surface area contributed by atoms with Crippen molar-refractivity contribution in [1.82, 2.24) is 0 Å². The second-order valence-corrected chi connectivity index (χ2v) is 18.5. The van der Waals surface area contributed by atoms with Crippen LogP contribution in [-0.4, -0.2) is 327 Å². The first kappa shape index (κ1) is 60.1. The minimum absolute atomic E-state index is 0.331. The second-order valence-electron chi connectivity index (χ2n) is 18.5. The zero-order valence-electron chi connectivity index (χ0n) is 39.3. The van der Waals surface area contributed by atoms with Gasteiger partial charge in [-0.15, -0.1) is 0 Å². The van der Waals surface area contributed by atoms with Crippen LogP contribution in [0, 0.1) is 0 Å². The molecule has 0 radical (unpaired) electrons. The first-order chi connectivity index (χ1) is 35.7. The van der Waals surface area contributed by atoms with Gasteiger partial charge in [0, 0.05) is 0 Å². The van der Waals surface area contributed by atoms with Crippen LogP contribution in [0.5, 0.6) is 0 Å². The lowest BCUT2D eigenvalue weighted by atomic mass is 9.94. The van der Waals surface area contributed by atoms with Gasteiger partial charge in [-0.1, -0.05) is 18.2 Å². The van der Waals surface area contributed by atoms with Gasteiger partial charge < -0.3 is 154 Å². The second kappa shape index (κ2) is 26.2. The van der Waals surface area contributed by atoms with Crippen LogP contribution >= 0.6 is 0 Å². The first-order valence-electron chi connectivity index (χ1n) is 23.7. The van der Waals surface area contributed by atoms with Crippen molar-refractivity contribution in [2.24, 2.45) is 0 Å². The maximum absolute atomic E-state index is 11.2. The number of aromatic carboxylic acids is 1. The fourth-order valence-corrected chi connectivity index (χ4v) is 9.51. The van der Waals surface area contributed by atoms with Crippen LogP contribution in [-0.2, 0) is 56.8 Å². The average molecular weight is 1090 g/mol. The van der Waals surface area contributed by atoms with E-state index in [1.807, 2.05) is 0 Å². The quantitative estimate of drug-likeness (QED) is 0.121. The van der Waals surface area contributed by atoms with E-state index in [-0.39, 0.29) is 0 Å². The van der Waals surface area contributed by atoms with Gasteiger partial charge >= 0.3 is 5.97 Å². The molecule has 22 fully saturated rings. The predicted octanol–water partition coefficient (Wildman–Crippen LogP) is -11.7. The van der Waals surface area contributed by atoms with Gasteiger partial charge in [-0.25, -0.2) is 4.79 Å². The Morgan fingerprint density at radius 3 is 0.600 bits per heavy atom. The molecule has 23 rings (SSSR count). The lowest BCUT2D eigenvalue weighted by Crippen LogP contribution is -2.69. The summed E-state index contributed by atoms with van der Waals surface area (Å²) in [7, 11) is 0. The molecule has 19 N–H and O–H groups in total. The summed E-state index contributed by atoms with van der Waals surface area (Å²) >= 11 is 0. The van der Waals surface area contributed by atoms with Crippen molar-refractivity contribution in [3.63, 3.8) is 0 Å². The fourth-order valence-electron chi connectivity index (χ4n) is 9.51. The summed E-state index contributed by atoms with van der Waals surface area (Å²) in [6, 6.07) is 8.30. The number of carbonyl (C=O) groups is 1. The molecule has 12 bridgehead atoms. The Labute approximate surface area is 424 Å². The van der Waals surface area contributed by atoms with Crippen molar-refractivity contribution >= 4 is 5.97 Å². The number of benzene rings is 1. The molecule has 22 heterocycles. The Bertz CT molecular complexity index is 1620. The first-order valence-corrected chi connectivity index (χ1v) is 23.7. The Balaban J connectivity index is 0.000000824. The van der Waals surface area contributed by atoms with E-state index >= 15 is 0 Å². The van der Waals surface area contributed by atoms with E-state index in [9.17, 15) is 96.7 Å². The largest absolute Gasteiger partial charge is 0.478 e. The zero-order valence-corrected chi connectivity index (χ0v) is 39.3. The molecule has 430 valence electrons. The van der Waals surface area contributed by atoms with Crippen molar-refractivity contribution < 1.29 is 159 Å². The third kappa shape index (κ3) is 12.6. The molecule has 22 saturated heterocycles. The number of aliphatic hydroxyl groups is 18. The highest BCUT2D eigenvalue weighted by Crippen LogP contribution is 2.38. The summed E-state index contributed by atoms with van der Waals surface area (Å²) in [6.45, 7) is -5.99. The summed E-state index contributed by atoms with van der Waals surface area (Å²) in [6.07, 6.45) is -58.5. The van der Waals surface area contributed by atoms with Crippen LogP contribution in [0.3, 0.4) is 0 Å². The van der Waals surface area contributed by atoms with Gasteiger partial charge in [0.25, 0.3) is 0 Å². The molecule has 0 aromatic heterocycles. The Morgan fingerprint density at radius 1 is 0.293 bits per heavy atom. The van der Waals surface area contributed by atoms with Crippen molar-refractivity contribution in [2.75, 3.05) is 39.6 Å². The third-order valence-electron chi connectivity index (χ3n) is 13.7. The summed E-state index contributed by atoms with van der Waals surface area (Å²) in [5.74, 6) is -0.879. The molecule has 32 heteroatoms. The summed E-state index contributed by atoms with van der Waals surface area (Å²) in [5, 5.41) is 204. The predicted molar refractivity (Wildman–Crippen MR) is 229 cm³/mol. The average Bonchev–Trinajstić information content (AvgIpc) is 3.41. The summed E-state index contributed by atoms with van der Waals surface area (Å²) in [5.41, 5.74) is 0.331. The molecule has 30 atom stereocenters. The molecule has 22 aliphatic heterocycles. The lowest BCUT2D eigenvalue weighted by molar-refractivity contribution is -0.404. The van der Waals surface area contributed by atoms with E-state index in [4.69, 9.17) is 61.9 Å². The van der Waals surface area contributed by atoms with E-state index in [0.717, 1.165) is 0 Å². The maximum atomic E-state index is 11.2. The topological polar surface area (TPSA) is 512 Å². The maximum Gasteiger partial charge on any atom is 0.335 e. The van der Waals surface area contributed by atoms with Gasteiger partial charge in [-0.2, -0.15) is 0 Å². The number of rotatable bonds is 7. The molecule has 1 aromatic rings. The molecular weight excluding hydrogens is 1030 g/mol. The molecule has 0 spiro atoms. The van der Waals surface area contributed by atoms with Gasteiger partial charge in [0.05, 0.1) is 45.2 Å². The SMILES string of the molecule is O=C(O)c1ccccc1.OC[C@H]1O[C@@H]2O[C@H]3[C@H](O)[C@@H](O)[C@@H](O[C@H]4[C@H](O)[C@@H](O)[C@@H](O[C@H]5[C@H](O)[C@@H](O)[C@@H](O[C@H]6[C@H](O)[C@@H](O)[C@@H](O[C@H]7[C@H](O)[C@@H](O)[C@@H](O[C@H]1[C@H](O)[C@H]2O)O[C@@H]7CO)O[C@@H]6CO)O[C@@H]5CO)O[C@@H]4CO)O[C@@H]3CO. The Hall–Kier alpha value is -2.51. The summed E-state index contributed by atoms with van der Waals surface area (Å²) in [4.78, 5) is 10.2. The lowest BCUT2D eigenvalue weighted by Gasteiger charge is -2.50. The highest BCUT2D eigenvalue weighted by molar-refractivity contribution is 5.87. The molecule has 22 aliphatic rings. The van der Waals surface area contributed by atoms with Crippen LogP contribution in [0.15, 0.2) is 30.3 Å². The number of hydrogen-bond acceptors (Lipinski definition) is 31. The standard InChI is InChI=1S/C36H60O30.C7H6O2/c37-1-7-25-13(43)19(49)31(55-7)62-26-8(2-38)57-33(21(51)15(26)45)64-28-10(4-40)59-35(23(53)17(28)47)66-30-12(6-42)60-36(24(54)18(30)48)65-29-11(5-41)58-34(22(52)16(29)46)63-27-9(3-39)56-32(61-25)20(50)14(27)44;8-7(9)6-4-2-1-3-5-6/h7-54H,1-6H2;1-5H,(H,8,9)/t7-,8-,9-,10-,11-,12-,13-,14-,15-,16-,17-,18-,19-,20-,21-,22-,23-,24-,25-,26-,27-,28-,29-,30-,31-,32-,33-,34-,35-,36-;/m1./s1. The van der Waals surface area contributed by atoms with Crippen molar-refractivity contribution in [2.45, 2.75) is 184 Å². The van der Waals surface area contributed by atoms with Gasteiger partial charge in [-0.3, -0.25) is 0 Å². The van der Waals surface area contributed by atoms with Crippen molar-refractivity contribution in [3.8, 4) is 0 Å². The van der Waals surface area contributed by atoms with E-state index in [0.29, 0.717) is 5.56 Å². The number of hydrogen-bond donors (Lipinski definition) is 19. The normalized spacial score (nSPS) is 49.8. The molecular formula is C43H66O32. The van der Waals surface area contributed by atoms with Crippen LogP contribution in [0.2, 0.25) is 0 Å². The Kier molecular flexibility index (Phi) is 21.0. The van der Waals surface area contributed by atoms with Gasteiger partial charge in [-0.05, 0) is 12.1 Å². The number of aliphatic hydroxyl groups excluding tert-OH is 18. The number of ether oxygens (including phenoxy) is 12. The van der Waals surface area contributed by atoms with Crippen molar-refractivity contribution in [1.29, 1.82) is 0 Å². The minimum atomic E-state index is -2.15. The molecule has 0 amide bonds. The number of carboxylic acids is 1. The van der Waals surface area contributed by atoms with E-state index in [1.165, 1.54) is 0 Å². The van der Waals surface area contributed by atoms with Gasteiger partial charge in [0.2, 0.25) is 0 Å². The summed E-state index contributed by atoms with van der Waals surface area (Å²) < 4.78 is 67.9. The number of carboxylic acid groups (broad SMARTS) is 1. The zero-order chi connectivity index (χ0) is 54.7. The fraction of sp³-hybridized carbons (Fsp3) is 0.837.